The first kappa shape index (κ1) is 13.9. The van der Waals surface area contributed by atoms with Gasteiger partial charge in [-0.05, 0) is 25.5 Å². The summed E-state index contributed by atoms with van der Waals surface area (Å²) in [5, 5.41) is 3.15. The molecule has 0 unspecified atom stereocenters. The van der Waals surface area contributed by atoms with E-state index in [1.165, 1.54) is 0 Å². The number of benzene rings is 1. The van der Waals surface area contributed by atoms with Crippen molar-refractivity contribution in [3.63, 3.8) is 0 Å². The summed E-state index contributed by atoms with van der Waals surface area (Å²) in [4.78, 5) is 0. The van der Waals surface area contributed by atoms with Gasteiger partial charge in [-0.25, -0.2) is 4.39 Å². The third-order valence-electron chi connectivity index (χ3n) is 2.32. The van der Waals surface area contributed by atoms with Crippen LogP contribution in [0.25, 0.3) is 0 Å². The van der Waals surface area contributed by atoms with Crippen LogP contribution in [0.2, 0.25) is 0 Å². The second-order valence-corrected chi connectivity index (χ2v) is 3.68. The molecular formula is C13H20FNO2. The van der Waals surface area contributed by atoms with Crippen LogP contribution < -0.4 is 10.1 Å². The molecule has 0 spiro atoms. The highest BCUT2D eigenvalue weighted by Gasteiger charge is 2.04. The van der Waals surface area contributed by atoms with Crippen molar-refractivity contribution < 1.29 is 13.9 Å². The lowest BCUT2D eigenvalue weighted by molar-refractivity contribution is 0.148. The van der Waals surface area contributed by atoms with Crippen molar-refractivity contribution in [1.29, 1.82) is 0 Å². The minimum atomic E-state index is -0.276. The van der Waals surface area contributed by atoms with Crippen LogP contribution in [-0.4, -0.2) is 32.9 Å². The van der Waals surface area contributed by atoms with Crippen LogP contribution >= 0.6 is 0 Å². The van der Waals surface area contributed by atoms with E-state index in [4.69, 9.17) is 9.47 Å². The summed E-state index contributed by atoms with van der Waals surface area (Å²) < 4.78 is 24.0. The van der Waals surface area contributed by atoms with Crippen molar-refractivity contribution in [2.75, 3.05) is 32.9 Å². The van der Waals surface area contributed by atoms with E-state index in [0.717, 1.165) is 13.2 Å². The number of halogens is 1. The zero-order valence-corrected chi connectivity index (χ0v) is 10.5. The van der Waals surface area contributed by atoms with E-state index in [9.17, 15) is 4.39 Å². The molecule has 0 bridgehead atoms. The highest BCUT2D eigenvalue weighted by atomic mass is 19.1. The predicted molar refractivity (Wildman–Crippen MR) is 66.0 cm³/mol. The van der Waals surface area contributed by atoms with Crippen LogP contribution in [0.1, 0.15) is 12.5 Å². The van der Waals surface area contributed by atoms with Gasteiger partial charge in [-0.3, -0.25) is 0 Å². The molecule has 0 aromatic heterocycles. The number of rotatable bonds is 8. The number of aryl methyl sites for hydroxylation is 1. The van der Waals surface area contributed by atoms with E-state index in [1.807, 2.05) is 6.92 Å². The van der Waals surface area contributed by atoms with Crippen molar-refractivity contribution in [2.24, 2.45) is 0 Å². The fourth-order valence-electron chi connectivity index (χ4n) is 1.38. The van der Waals surface area contributed by atoms with E-state index >= 15 is 0 Å². The molecule has 96 valence electrons. The summed E-state index contributed by atoms with van der Waals surface area (Å²) >= 11 is 0. The quantitative estimate of drug-likeness (QED) is 0.707. The van der Waals surface area contributed by atoms with Crippen LogP contribution in [0.5, 0.6) is 5.75 Å². The van der Waals surface area contributed by atoms with Gasteiger partial charge in [0.2, 0.25) is 0 Å². The van der Waals surface area contributed by atoms with Gasteiger partial charge in [0.05, 0.1) is 6.61 Å². The number of ether oxygens (including phenoxy) is 2. The molecule has 0 aliphatic rings. The van der Waals surface area contributed by atoms with Gasteiger partial charge in [0, 0.05) is 19.7 Å². The average molecular weight is 241 g/mol. The zero-order chi connectivity index (χ0) is 12.5. The van der Waals surface area contributed by atoms with Crippen LogP contribution in [0.4, 0.5) is 4.39 Å². The molecule has 0 atom stereocenters. The molecule has 0 aliphatic heterocycles. The Morgan fingerprint density at radius 2 is 2.00 bits per heavy atom. The summed E-state index contributed by atoms with van der Waals surface area (Å²) in [6.07, 6.45) is 0. The molecule has 17 heavy (non-hydrogen) atoms. The third-order valence-corrected chi connectivity index (χ3v) is 2.32. The van der Waals surface area contributed by atoms with Gasteiger partial charge in [0.25, 0.3) is 0 Å². The van der Waals surface area contributed by atoms with Crippen LogP contribution in [0.15, 0.2) is 18.2 Å². The SMILES string of the molecule is CCOCCNCCOc1cccc(C)c1F. The molecule has 1 aromatic carbocycles. The maximum Gasteiger partial charge on any atom is 0.167 e. The second kappa shape index (κ2) is 8.03. The summed E-state index contributed by atoms with van der Waals surface area (Å²) in [7, 11) is 0. The van der Waals surface area contributed by atoms with Crippen molar-refractivity contribution in [1.82, 2.24) is 5.32 Å². The van der Waals surface area contributed by atoms with E-state index in [1.54, 1.807) is 25.1 Å². The van der Waals surface area contributed by atoms with E-state index < -0.39 is 0 Å². The number of hydrogen-bond donors (Lipinski definition) is 1. The minimum Gasteiger partial charge on any atom is -0.489 e. The fraction of sp³-hybridized carbons (Fsp3) is 0.538. The molecule has 1 N–H and O–H groups in total. The van der Waals surface area contributed by atoms with Crippen molar-refractivity contribution >= 4 is 0 Å². The second-order valence-electron chi connectivity index (χ2n) is 3.68. The van der Waals surface area contributed by atoms with Gasteiger partial charge in [0.15, 0.2) is 11.6 Å². The first-order chi connectivity index (χ1) is 8.25. The smallest absolute Gasteiger partial charge is 0.167 e. The fourth-order valence-corrected chi connectivity index (χ4v) is 1.38. The third kappa shape index (κ3) is 5.15. The number of nitrogens with one attached hydrogen (secondary N) is 1. The summed E-state index contributed by atoms with van der Waals surface area (Å²) in [6, 6.07) is 5.15. The highest BCUT2D eigenvalue weighted by Crippen LogP contribution is 2.19. The molecule has 4 heteroatoms. The number of hydrogen-bond acceptors (Lipinski definition) is 3. The van der Waals surface area contributed by atoms with Gasteiger partial charge in [0.1, 0.15) is 6.61 Å². The Kier molecular flexibility index (Phi) is 6.58. The van der Waals surface area contributed by atoms with Gasteiger partial charge in [-0.15, -0.1) is 0 Å². The molecule has 0 fully saturated rings. The Bertz CT molecular complexity index is 331. The Hall–Kier alpha value is -1.13. The molecule has 0 amide bonds. The molecule has 0 saturated heterocycles. The predicted octanol–water partition coefficient (Wildman–Crippen LogP) is 2.14. The largest absolute Gasteiger partial charge is 0.489 e. The molecular weight excluding hydrogens is 221 g/mol. The van der Waals surface area contributed by atoms with Gasteiger partial charge in [-0.1, -0.05) is 12.1 Å². The van der Waals surface area contributed by atoms with Crippen LogP contribution in [-0.2, 0) is 4.74 Å². The Balaban J connectivity index is 2.16. The van der Waals surface area contributed by atoms with Crippen LogP contribution in [0.3, 0.4) is 0 Å². The van der Waals surface area contributed by atoms with Crippen molar-refractivity contribution in [2.45, 2.75) is 13.8 Å². The molecule has 3 nitrogen and oxygen atoms in total. The topological polar surface area (TPSA) is 30.5 Å². The lowest BCUT2D eigenvalue weighted by Gasteiger charge is -2.09. The maximum atomic E-state index is 13.5. The normalized spacial score (nSPS) is 10.5. The lowest BCUT2D eigenvalue weighted by Crippen LogP contribution is -2.25. The van der Waals surface area contributed by atoms with E-state index in [-0.39, 0.29) is 5.82 Å². The molecule has 0 saturated carbocycles. The first-order valence-electron chi connectivity index (χ1n) is 5.92. The van der Waals surface area contributed by atoms with Gasteiger partial charge < -0.3 is 14.8 Å². The van der Waals surface area contributed by atoms with E-state index in [0.29, 0.717) is 31.1 Å². The van der Waals surface area contributed by atoms with Crippen molar-refractivity contribution in [3.05, 3.63) is 29.6 Å². The molecule has 1 rings (SSSR count). The van der Waals surface area contributed by atoms with Crippen LogP contribution in [0, 0.1) is 12.7 Å². The van der Waals surface area contributed by atoms with Gasteiger partial charge in [-0.2, -0.15) is 0 Å². The monoisotopic (exact) mass is 241 g/mol. The summed E-state index contributed by atoms with van der Waals surface area (Å²) in [5.74, 6) is 0.0402. The maximum absolute atomic E-state index is 13.5. The standard InChI is InChI=1S/C13H20FNO2/c1-3-16-9-7-15-8-10-17-12-6-4-5-11(2)13(12)14/h4-6,15H,3,7-10H2,1-2H3. The minimum absolute atomic E-state index is 0.276. The Morgan fingerprint density at radius 3 is 2.76 bits per heavy atom. The molecule has 0 heterocycles. The Labute approximate surface area is 102 Å². The van der Waals surface area contributed by atoms with E-state index in [2.05, 4.69) is 5.32 Å². The summed E-state index contributed by atoms with van der Waals surface area (Å²) in [5.41, 5.74) is 0.604. The highest BCUT2D eigenvalue weighted by molar-refractivity contribution is 5.29. The molecule has 0 radical (unpaired) electrons. The van der Waals surface area contributed by atoms with Gasteiger partial charge >= 0.3 is 0 Å². The first-order valence-corrected chi connectivity index (χ1v) is 5.92. The zero-order valence-electron chi connectivity index (χ0n) is 10.5. The lowest BCUT2D eigenvalue weighted by atomic mass is 10.2. The molecule has 1 aromatic rings. The Morgan fingerprint density at radius 1 is 1.24 bits per heavy atom. The molecule has 0 aliphatic carbocycles. The van der Waals surface area contributed by atoms with Crippen molar-refractivity contribution in [3.8, 4) is 5.75 Å². The average Bonchev–Trinajstić information content (AvgIpc) is 2.33. The summed E-state index contributed by atoms with van der Waals surface area (Å²) in [6.45, 7) is 7.02.